The van der Waals surface area contributed by atoms with E-state index in [4.69, 9.17) is 5.11 Å². The number of aliphatic carboxylic acids is 1. The van der Waals surface area contributed by atoms with Crippen LogP contribution in [-0.2, 0) is 20.7 Å². The highest BCUT2D eigenvalue weighted by atomic mass is 16.5. The second-order valence-electron chi connectivity index (χ2n) is 5.27. The number of carbonyl (C=O) groups excluding carboxylic acids is 2. The molecule has 2 rings (SSSR count). The molecule has 1 atom stereocenters. The van der Waals surface area contributed by atoms with Gasteiger partial charge in [-0.05, 0) is 37.0 Å². The number of likely N-dealkylation sites (tertiary alicyclic amines) is 1. The summed E-state index contributed by atoms with van der Waals surface area (Å²) >= 11 is 0. The van der Waals surface area contributed by atoms with E-state index in [0.29, 0.717) is 24.9 Å². The molecule has 1 amide bonds. The van der Waals surface area contributed by atoms with Crippen LogP contribution in [0.1, 0.15) is 35.2 Å². The zero-order valence-corrected chi connectivity index (χ0v) is 12.4. The lowest BCUT2D eigenvalue weighted by molar-refractivity contribution is -0.148. The fraction of sp³-hybridized carbons (Fsp3) is 0.438. The van der Waals surface area contributed by atoms with E-state index in [9.17, 15) is 14.4 Å². The van der Waals surface area contributed by atoms with Crippen molar-refractivity contribution in [2.45, 2.75) is 31.7 Å². The van der Waals surface area contributed by atoms with Crippen molar-refractivity contribution in [3.8, 4) is 0 Å². The van der Waals surface area contributed by atoms with Gasteiger partial charge in [0.25, 0.3) is 0 Å². The van der Waals surface area contributed by atoms with Crippen LogP contribution < -0.4 is 0 Å². The van der Waals surface area contributed by atoms with Crippen LogP contribution in [0.3, 0.4) is 0 Å². The van der Waals surface area contributed by atoms with Crippen LogP contribution in [0.5, 0.6) is 0 Å². The van der Waals surface area contributed by atoms with E-state index in [1.165, 1.54) is 12.0 Å². The van der Waals surface area contributed by atoms with Gasteiger partial charge in [-0.25, -0.2) is 9.59 Å². The first kappa shape index (κ1) is 16.0. The number of aryl methyl sites for hydroxylation is 1. The molecule has 6 heteroatoms. The molecule has 1 saturated heterocycles. The maximum atomic E-state index is 12.1. The average Bonchev–Trinajstić information content (AvgIpc) is 3.02. The van der Waals surface area contributed by atoms with E-state index in [-0.39, 0.29) is 12.3 Å². The van der Waals surface area contributed by atoms with Crippen molar-refractivity contribution >= 4 is 17.8 Å². The second-order valence-corrected chi connectivity index (χ2v) is 5.27. The monoisotopic (exact) mass is 305 g/mol. The normalized spacial score (nSPS) is 17.3. The number of esters is 1. The Balaban J connectivity index is 1.91. The lowest BCUT2D eigenvalue weighted by Gasteiger charge is -2.21. The number of amides is 1. The molecule has 6 nitrogen and oxygen atoms in total. The van der Waals surface area contributed by atoms with Crippen molar-refractivity contribution < 1.29 is 24.2 Å². The van der Waals surface area contributed by atoms with Gasteiger partial charge in [-0.2, -0.15) is 0 Å². The molecule has 0 radical (unpaired) electrons. The lowest BCUT2D eigenvalue weighted by atomic mass is 10.1. The SMILES string of the molecule is COC(=O)c1ccc(CCC(=O)N2CCCC2C(=O)O)cc1. The van der Waals surface area contributed by atoms with Gasteiger partial charge < -0.3 is 14.7 Å². The average molecular weight is 305 g/mol. The highest BCUT2D eigenvalue weighted by molar-refractivity contribution is 5.89. The van der Waals surface area contributed by atoms with Gasteiger partial charge in [-0.1, -0.05) is 12.1 Å². The zero-order valence-electron chi connectivity index (χ0n) is 12.4. The fourth-order valence-corrected chi connectivity index (χ4v) is 2.64. The number of methoxy groups -OCH3 is 1. The third kappa shape index (κ3) is 3.63. The minimum atomic E-state index is -0.937. The number of carboxylic acids is 1. The molecule has 1 fully saturated rings. The number of carboxylic acid groups (broad SMARTS) is 1. The number of ether oxygens (including phenoxy) is 1. The smallest absolute Gasteiger partial charge is 0.337 e. The van der Waals surface area contributed by atoms with Gasteiger partial charge in [0.2, 0.25) is 5.91 Å². The third-order valence-corrected chi connectivity index (χ3v) is 3.86. The van der Waals surface area contributed by atoms with Crippen LogP contribution in [-0.4, -0.2) is 47.5 Å². The van der Waals surface area contributed by atoms with Gasteiger partial charge in [0, 0.05) is 13.0 Å². The summed E-state index contributed by atoms with van der Waals surface area (Å²) in [5.74, 6) is -1.47. The molecule has 1 aromatic carbocycles. The van der Waals surface area contributed by atoms with E-state index in [0.717, 1.165) is 12.0 Å². The summed E-state index contributed by atoms with van der Waals surface area (Å²) in [6, 6.07) is 6.17. The summed E-state index contributed by atoms with van der Waals surface area (Å²) in [5.41, 5.74) is 1.38. The Labute approximate surface area is 128 Å². The maximum Gasteiger partial charge on any atom is 0.337 e. The van der Waals surface area contributed by atoms with Crippen LogP contribution in [0.2, 0.25) is 0 Å². The van der Waals surface area contributed by atoms with Crippen LogP contribution in [0.15, 0.2) is 24.3 Å². The molecule has 1 aliphatic heterocycles. The summed E-state index contributed by atoms with van der Waals surface area (Å²) in [5, 5.41) is 9.09. The molecule has 1 heterocycles. The van der Waals surface area contributed by atoms with Crippen LogP contribution >= 0.6 is 0 Å². The highest BCUT2D eigenvalue weighted by Crippen LogP contribution is 2.19. The Hall–Kier alpha value is -2.37. The number of rotatable bonds is 5. The van der Waals surface area contributed by atoms with Gasteiger partial charge in [0.05, 0.1) is 12.7 Å². The van der Waals surface area contributed by atoms with Crippen molar-refractivity contribution in [3.05, 3.63) is 35.4 Å². The molecule has 1 aliphatic rings. The third-order valence-electron chi connectivity index (χ3n) is 3.86. The van der Waals surface area contributed by atoms with Crippen molar-refractivity contribution in [2.24, 2.45) is 0 Å². The van der Waals surface area contributed by atoms with E-state index >= 15 is 0 Å². The molecule has 1 N–H and O–H groups in total. The summed E-state index contributed by atoms with van der Waals surface area (Å²) in [4.78, 5) is 36.0. The second kappa shape index (κ2) is 7.06. The summed E-state index contributed by atoms with van der Waals surface area (Å²) in [7, 11) is 1.32. The Kier molecular flexibility index (Phi) is 5.14. The minimum absolute atomic E-state index is 0.137. The van der Waals surface area contributed by atoms with Gasteiger partial charge in [-0.15, -0.1) is 0 Å². The Morgan fingerprint density at radius 1 is 1.27 bits per heavy atom. The van der Waals surface area contributed by atoms with Gasteiger partial charge in [0.15, 0.2) is 0 Å². The van der Waals surface area contributed by atoms with Gasteiger partial charge in [0.1, 0.15) is 6.04 Å². The van der Waals surface area contributed by atoms with Crippen molar-refractivity contribution in [1.29, 1.82) is 0 Å². The quantitative estimate of drug-likeness (QED) is 0.833. The molecular formula is C16H19NO5. The van der Waals surface area contributed by atoms with Gasteiger partial charge >= 0.3 is 11.9 Å². The molecule has 1 aromatic rings. The van der Waals surface area contributed by atoms with E-state index in [2.05, 4.69) is 4.74 Å². The molecule has 0 saturated carbocycles. The van der Waals surface area contributed by atoms with Gasteiger partial charge in [-0.3, -0.25) is 4.79 Å². The van der Waals surface area contributed by atoms with Crippen molar-refractivity contribution in [3.63, 3.8) is 0 Å². The number of hydrogen-bond acceptors (Lipinski definition) is 4. The summed E-state index contributed by atoms with van der Waals surface area (Å²) in [6.07, 6.45) is 2.04. The van der Waals surface area contributed by atoms with Crippen molar-refractivity contribution in [1.82, 2.24) is 4.90 Å². The summed E-state index contributed by atoms with van der Waals surface area (Å²) in [6.45, 7) is 0.511. The summed E-state index contributed by atoms with van der Waals surface area (Å²) < 4.78 is 4.62. The predicted octanol–water partition coefficient (Wildman–Crippen LogP) is 1.48. The molecule has 22 heavy (non-hydrogen) atoms. The maximum absolute atomic E-state index is 12.1. The predicted molar refractivity (Wildman–Crippen MR) is 78.5 cm³/mol. The molecule has 0 aromatic heterocycles. The number of benzene rings is 1. The topological polar surface area (TPSA) is 83.9 Å². The molecular weight excluding hydrogens is 286 g/mol. The number of nitrogens with zero attached hydrogens (tertiary/aromatic N) is 1. The van der Waals surface area contributed by atoms with Crippen LogP contribution in [0.4, 0.5) is 0 Å². The van der Waals surface area contributed by atoms with E-state index < -0.39 is 18.0 Å². The highest BCUT2D eigenvalue weighted by Gasteiger charge is 2.33. The molecule has 118 valence electrons. The van der Waals surface area contributed by atoms with E-state index in [1.807, 2.05) is 0 Å². The first-order chi connectivity index (χ1) is 10.5. The number of hydrogen-bond donors (Lipinski definition) is 1. The van der Waals surface area contributed by atoms with Crippen LogP contribution in [0.25, 0.3) is 0 Å². The zero-order chi connectivity index (χ0) is 16.1. The molecule has 0 bridgehead atoms. The van der Waals surface area contributed by atoms with Crippen molar-refractivity contribution in [2.75, 3.05) is 13.7 Å². The largest absolute Gasteiger partial charge is 0.480 e. The Morgan fingerprint density at radius 3 is 2.55 bits per heavy atom. The molecule has 1 unspecified atom stereocenters. The molecule has 0 spiro atoms. The molecule has 0 aliphatic carbocycles. The van der Waals surface area contributed by atoms with E-state index in [1.54, 1.807) is 24.3 Å². The minimum Gasteiger partial charge on any atom is -0.480 e. The Morgan fingerprint density at radius 2 is 1.95 bits per heavy atom. The lowest BCUT2D eigenvalue weighted by Crippen LogP contribution is -2.40. The number of carbonyl (C=O) groups is 3. The Bertz CT molecular complexity index is 566. The fourth-order valence-electron chi connectivity index (χ4n) is 2.64. The standard InChI is InChI=1S/C16H19NO5/c1-22-16(21)12-7-4-11(5-8-12)6-9-14(18)17-10-2-3-13(17)15(19)20/h4-5,7-8,13H,2-3,6,9-10H2,1H3,(H,19,20). The van der Waals surface area contributed by atoms with Crippen LogP contribution in [0, 0.1) is 0 Å². The first-order valence-electron chi connectivity index (χ1n) is 7.22. The first-order valence-corrected chi connectivity index (χ1v) is 7.22.